The third-order valence-electron chi connectivity index (χ3n) is 4.20. The van der Waals surface area contributed by atoms with Crippen molar-refractivity contribution < 1.29 is 22.1 Å². The van der Waals surface area contributed by atoms with Crippen molar-refractivity contribution >= 4 is 27.8 Å². The number of nitriles is 1. The van der Waals surface area contributed by atoms with Crippen LogP contribution in [0.25, 0.3) is 6.08 Å². The summed E-state index contributed by atoms with van der Waals surface area (Å²) in [5, 5.41) is 12.1. The van der Waals surface area contributed by atoms with Gasteiger partial charge in [0, 0.05) is 5.69 Å². The van der Waals surface area contributed by atoms with Gasteiger partial charge < -0.3 is 14.2 Å². The van der Waals surface area contributed by atoms with Crippen LogP contribution in [0, 0.1) is 11.3 Å². The summed E-state index contributed by atoms with van der Waals surface area (Å²) in [6, 6.07) is 22.5. The van der Waals surface area contributed by atoms with Crippen molar-refractivity contribution in [3.63, 3.8) is 0 Å². The van der Waals surface area contributed by atoms with Gasteiger partial charge in [0.15, 0.2) is 0 Å². The van der Waals surface area contributed by atoms with Crippen molar-refractivity contribution in [2.45, 2.75) is 11.8 Å². The van der Waals surface area contributed by atoms with Crippen LogP contribution in [0.3, 0.4) is 0 Å². The number of carbonyl (C=O) groups excluding carboxylic acids is 1. The lowest BCUT2D eigenvalue weighted by molar-refractivity contribution is -0.112. The van der Waals surface area contributed by atoms with Crippen LogP contribution in [-0.2, 0) is 14.9 Å². The molecule has 0 bridgehead atoms. The molecule has 0 radical (unpaired) electrons. The van der Waals surface area contributed by atoms with E-state index >= 15 is 0 Å². The Balaban J connectivity index is 1.76. The van der Waals surface area contributed by atoms with E-state index in [0.717, 1.165) is 0 Å². The molecule has 0 aromatic heterocycles. The Morgan fingerprint density at radius 2 is 1.72 bits per heavy atom. The van der Waals surface area contributed by atoms with Crippen molar-refractivity contribution in [2.24, 2.45) is 0 Å². The van der Waals surface area contributed by atoms with Gasteiger partial charge in [-0.05, 0) is 67.1 Å². The van der Waals surface area contributed by atoms with Crippen molar-refractivity contribution in [3.8, 4) is 17.6 Å². The van der Waals surface area contributed by atoms with E-state index in [1.165, 1.54) is 30.3 Å². The quantitative estimate of drug-likeness (QED) is 0.311. The highest BCUT2D eigenvalue weighted by molar-refractivity contribution is 7.87. The van der Waals surface area contributed by atoms with Gasteiger partial charge in [-0.1, -0.05) is 30.3 Å². The van der Waals surface area contributed by atoms with Crippen LogP contribution in [0.2, 0.25) is 0 Å². The first-order chi connectivity index (χ1) is 15.4. The molecule has 0 fully saturated rings. The van der Waals surface area contributed by atoms with Crippen LogP contribution < -0.4 is 14.2 Å². The fourth-order valence-electron chi connectivity index (χ4n) is 2.73. The average molecular weight is 449 g/mol. The molecule has 0 saturated carbocycles. The maximum Gasteiger partial charge on any atom is 0.339 e. The molecule has 1 N–H and O–H groups in total. The Bertz CT molecular complexity index is 1260. The highest BCUT2D eigenvalue weighted by atomic mass is 32.2. The van der Waals surface area contributed by atoms with E-state index in [4.69, 9.17) is 8.92 Å². The molecule has 7 nitrogen and oxygen atoms in total. The first-order valence-corrected chi connectivity index (χ1v) is 11.1. The number of rotatable bonds is 8. The van der Waals surface area contributed by atoms with E-state index in [9.17, 15) is 18.5 Å². The molecule has 0 spiro atoms. The van der Waals surface area contributed by atoms with Gasteiger partial charge in [-0.2, -0.15) is 13.7 Å². The van der Waals surface area contributed by atoms with Crippen LogP contribution in [0.4, 0.5) is 5.69 Å². The number of nitrogens with zero attached hydrogens (tertiary/aromatic N) is 1. The standard InChI is InChI=1S/C24H20N2O5S/c1-2-30-21-13-11-20(12-14-21)26-24(27)19(17-25)15-18-7-6-8-22(16-18)31-32(28,29)23-9-4-3-5-10-23/h3-16H,2H2,1H3,(H,26,27)/b19-15-. The van der Waals surface area contributed by atoms with Gasteiger partial charge in [0.05, 0.1) is 6.61 Å². The van der Waals surface area contributed by atoms with Crippen LogP contribution >= 0.6 is 0 Å². The van der Waals surface area contributed by atoms with Gasteiger partial charge in [-0.3, -0.25) is 4.79 Å². The maximum atomic E-state index is 12.5. The molecule has 1 amide bonds. The lowest BCUT2D eigenvalue weighted by Gasteiger charge is -2.08. The molecule has 0 unspecified atom stereocenters. The number of amides is 1. The molecule has 32 heavy (non-hydrogen) atoms. The molecule has 0 aliphatic carbocycles. The molecule has 8 heteroatoms. The van der Waals surface area contributed by atoms with Gasteiger partial charge >= 0.3 is 10.1 Å². The Labute approximate surface area is 186 Å². The Hall–Kier alpha value is -4.09. The van der Waals surface area contributed by atoms with Crippen molar-refractivity contribution in [2.75, 3.05) is 11.9 Å². The van der Waals surface area contributed by atoms with E-state index in [2.05, 4.69) is 5.32 Å². The fourth-order valence-corrected chi connectivity index (χ4v) is 3.68. The first-order valence-electron chi connectivity index (χ1n) is 9.67. The third kappa shape index (κ3) is 5.97. The minimum atomic E-state index is -4.00. The highest BCUT2D eigenvalue weighted by Crippen LogP contribution is 2.22. The maximum absolute atomic E-state index is 12.5. The van der Waals surface area contributed by atoms with Crippen LogP contribution in [-0.4, -0.2) is 20.9 Å². The van der Waals surface area contributed by atoms with E-state index < -0.39 is 16.0 Å². The molecule has 0 aliphatic rings. The molecule has 3 aromatic carbocycles. The SMILES string of the molecule is CCOc1ccc(NC(=O)/C(C#N)=C\c2cccc(OS(=O)(=O)c3ccccc3)c2)cc1. The summed E-state index contributed by atoms with van der Waals surface area (Å²) in [6.07, 6.45) is 1.35. The lowest BCUT2D eigenvalue weighted by Crippen LogP contribution is -2.13. The van der Waals surface area contributed by atoms with E-state index in [0.29, 0.717) is 23.6 Å². The van der Waals surface area contributed by atoms with E-state index in [1.807, 2.05) is 13.0 Å². The summed E-state index contributed by atoms with van der Waals surface area (Å²) in [6.45, 7) is 2.40. The Kier molecular flexibility index (Phi) is 7.26. The van der Waals surface area contributed by atoms with Crippen molar-refractivity contribution in [1.29, 1.82) is 5.26 Å². The second-order valence-electron chi connectivity index (χ2n) is 6.50. The van der Waals surface area contributed by atoms with Crippen molar-refractivity contribution in [1.82, 2.24) is 0 Å². The predicted molar refractivity (Wildman–Crippen MR) is 121 cm³/mol. The second kappa shape index (κ2) is 10.3. The molecule has 0 atom stereocenters. The number of anilines is 1. The van der Waals surface area contributed by atoms with Gasteiger partial charge in [0.1, 0.15) is 28.0 Å². The number of ether oxygens (including phenoxy) is 1. The molecular formula is C24H20N2O5S. The average Bonchev–Trinajstić information content (AvgIpc) is 2.79. The van der Waals surface area contributed by atoms with Gasteiger partial charge in [-0.25, -0.2) is 0 Å². The summed E-state index contributed by atoms with van der Waals surface area (Å²) in [7, 11) is -4.00. The zero-order valence-electron chi connectivity index (χ0n) is 17.2. The summed E-state index contributed by atoms with van der Waals surface area (Å²) in [4.78, 5) is 12.5. The molecule has 0 aliphatic heterocycles. The van der Waals surface area contributed by atoms with Crippen LogP contribution in [0.5, 0.6) is 11.5 Å². The number of hydrogen-bond acceptors (Lipinski definition) is 6. The van der Waals surface area contributed by atoms with Gasteiger partial charge in [-0.15, -0.1) is 0 Å². The highest BCUT2D eigenvalue weighted by Gasteiger charge is 2.16. The minimum Gasteiger partial charge on any atom is -0.494 e. The number of carbonyl (C=O) groups is 1. The largest absolute Gasteiger partial charge is 0.494 e. The summed E-state index contributed by atoms with van der Waals surface area (Å²) < 4.78 is 35.3. The number of benzene rings is 3. The summed E-state index contributed by atoms with van der Waals surface area (Å²) >= 11 is 0. The molecule has 0 saturated heterocycles. The van der Waals surface area contributed by atoms with E-state index in [1.54, 1.807) is 54.6 Å². The molecule has 3 rings (SSSR count). The van der Waals surface area contributed by atoms with Crippen molar-refractivity contribution in [3.05, 3.63) is 90.0 Å². The summed E-state index contributed by atoms with van der Waals surface area (Å²) in [5.41, 5.74) is 0.789. The number of hydrogen-bond donors (Lipinski definition) is 1. The first kappa shape index (κ1) is 22.6. The normalized spacial score (nSPS) is 11.3. The smallest absolute Gasteiger partial charge is 0.339 e. The third-order valence-corrected chi connectivity index (χ3v) is 5.46. The fraction of sp³-hybridized carbons (Fsp3) is 0.0833. The summed E-state index contributed by atoms with van der Waals surface area (Å²) in [5.74, 6) is 0.135. The monoisotopic (exact) mass is 448 g/mol. The predicted octanol–water partition coefficient (Wildman–Crippen LogP) is 4.40. The lowest BCUT2D eigenvalue weighted by atomic mass is 10.1. The zero-order valence-corrected chi connectivity index (χ0v) is 18.0. The minimum absolute atomic E-state index is 0.0217. The Morgan fingerprint density at radius 1 is 1.00 bits per heavy atom. The molecule has 3 aromatic rings. The number of nitrogens with one attached hydrogen (secondary N) is 1. The Morgan fingerprint density at radius 3 is 2.38 bits per heavy atom. The van der Waals surface area contributed by atoms with Gasteiger partial charge in [0.2, 0.25) is 0 Å². The molecule has 0 heterocycles. The van der Waals surface area contributed by atoms with Crippen LogP contribution in [0.15, 0.2) is 89.3 Å². The van der Waals surface area contributed by atoms with Gasteiger partial charge in [0.25, 0.3) is 5.91 Å². The van der Waals surface area contributed by atoms with Crippen LogP contribution in [0.1, 0.15) is 12.5 Å². The second-order valence-corrected chi connectivity index (χ2v) is 8.05. The van der Waals surface area contributed by atoms with E-state index in [-0.39, 0.29) is 16.2 Å². The molecule has 162 valence electrons. The topological polar surface area (TPSA) is 105 Å². The zero-order chi connectivity index (χ0) is 23.0. The molecular weight excluding hydrogens is 428 g/mol.